The zero-order valence-electron chi connectivity index (χ0n) is 9.73. The van der Waals surface area contributed by atoms with E-state index in [2.05, 4.69) is 4.72 Å². The smallest absolute Gasteiger partial charge is 0.217 e. The van der Waals surface area contributed by atoms with E-state index in [1.807, 2.05) is 0 Å². The molecule has 0 aliphatic carbocycles. The lowest BCUT2D eigenvalue weighted by Gasteiger charge is -2.29. The molecular formula is C9H21ClN2O3S. The summed E-state index contributed by atoms with van der Waals surface area (Å²) >= 11 is 0. The molecule has 1 aliphatic rings. The van der Waals surface area contributed by atoms with E-state index in [0.29, 0.717) is 13.0 Å². The molecule has 0 aromatic rings. The minimum absolute atomic E-state index is 0. The number of rotatable bonds is 4. The molecule has 0 bridgehead atoms. The predicted molar refractivity (Wildman–Crippen MR) is 66.3 cm³/mol. The summed E-state index contributed by atoms with van der Waals surface area (Å²) in [6.07, 6.45) is 1.46. The van der Waals surface area contributed by atoms with Crippen LogP contribution in [-0.4, -0.2) is 39.0 Å². The number of nitrogens with two attached hydrogens (primary N) is 1. The highest BCUT2D eigenvalue weighted by Crippen LogP contribution is 2.15. The van der Waals surface area contributed by atoms with Gasteiger partial charge in [-0.1, -0.05) is 0 Å². The molecule has 1 aliphatic heterocycles. The number of nitrogens with one attached hydrogen (secondary N) is 1. The molecular weight excluding hydrogens is 252 g/mol. The van der Waals surface area contributed by atoms with Crippen LogP contribution in [0.15, 0.2) is 0 Å². The molecule has 0 amide bonds. The molecule has 1 unspecified atom stereocenters. The van der Waals surface area contributed by atoms with Crippen molar-refractivity contribution in [3.63, 3.8) is 0 Å². The van der Waals surface area contributed by atoms with Gasteiger partial charge in [0.25, 0.3) is 0 Å². The Hall–Kier alpha value is 0.120. The monoisotopic (exact) mass is 272 g/mol. The molecule has 1 heterocycles. The molecule has 1 atom stereocenters. The van der Waals surface area contributed by atoms with Gasteiger partial charge in [0, 0.05) is 18.7 Å². The number of halogens is 1. The van der Waals surface area contributed by atoms with Crippen molar-refractivity contribution in [3.8, 4) is 0 Å². The Morgan fingerprint density at radius 1 is 1.50 bits per heavy atom. The molecule has 1 fully saturated rings. The van der Waals surface area contributed by atoms with Crippen molar-refractivity contribution in [2.75, 3.05) is 19.8 Å². The quantitative estimate of drug-likeness (QED) is 0.768. The van der Waals surface area contributed by atoms with E-state index in [-0.39, 0.29) is 25.6 Å². The fourth-order valence-electron chi connectivity index (χ4n) is 1.47. The predicted octanol–water partition coefficient (Wildman–Crippen LogP) is 0.244. The van der Waals surface area contributed by atoms with Crippen molar-refractivity contribution < 1.29 is 13.2 Å². The molecule has 0 saturated carbocycles. The summed E-state index contributed by atoms with van der Waals surface area (Å²) in [5.41, 5.74) is 4.90. The highest BCUT2D eigenvalue weighted by atomic mass is 35.5. The maximum atomic E-state index is 11.9. The van der Waals surface area contributed by atoms with Crippen LogP contribution in [0.2, 0.25) is 0 Å². The first-order valence-corrected chi connectivity index (χ1v) is 6.73. The number of ether oxygens (including phenoxy) is 1. The lowest BCUT2D eigenvalue weighted by molar-refractivity contribution is 0.0985. The lowest BCUT2D eigenvalue weighted by Crippen LogP contribution is -2.52. The van der Waals surface area contributed by atoms with E-state index in [0.717, 1.165) is 6.42 Å². The van der Waals surface area contributed by atoms with Crippen LogP contribution in [0, 0.1) is 0 Å². The average Bonchev–Trinajstić information content (AvgIpc) is 2.18. The summed E-state index contributed by atoms with van der Waals surface area (Å²) < 4.78 is 31.6. The van der Waals surface area contributed by atoms with Crippen LogP contribution in [0.1, 0.15) is 26.7 Å². The summed E-state index contributed by atoms with van der Waals surface area (Å²) in [6.45, 7) is 4.77. The normalized spacial score (nSPS) is 22.6. The van der Waals surface area contributed by atoms with Gasteiger partial charge in [-0.25, -0.2) is 13.1 Å². The molecule has 1 saturated heterocycles. The van der Waals surface area contributed by atoms with Crippen LogP contribution in [0.3, 0.4) is 0 Å². The molecule has 3 N–H and O–H groups in total. The topological polar surface area (TPSA) is 81.4 Å². The first-order valence-electron chi connectivity index (χ1n) is 5.18. The van der Waals surface area contributed by atoms with Crippen LogP contribution in [-0.2, 0) is 14.8 Å². The zero-order valence-corrected chi connectivity index (χ0v) is 11.4. The van der Waals surface area contributed by atoms with Crippen LogP contribution in [0.5, 0.6) is 0 Å². The van der Waals surface area contributed by atoms with Crippen LogP contribution >= 0.6 is 12.4 Å². The fourth-order valence-corrected chi connectivity index (χ4v) is 3.24. The molecule has 0 aromatic carbocycles. The Morgan fingerprint density at radius 2 is 2.12 bits per heavy atom. The molecule has 16 heavy (non-hydrogen) atoms. The van der Waals surface area contributed by atoms with E-state index in [1.165, 1.54) is 0 Å². The van der Waals surface area contributed by atoms with Gasteiger partial charge in [0.1, 0.15) is 0 Å². The maximum absolute atomic E-state index is 11.9. The van der Waals surface area contributed by atoms with E-state index in [9.17, 15) is 8.42 Å². The van der Waals surface area contributed by atoms with Crippen LogP contribution in [0.4, 0.5) is 0 Å². The van der Waals surface area contributed by atoms with Crippen molar-refractivity contribution in [1.82, 2.24) is 4.72 Å². The summed E-state index contributed by atoms with van der Waals surface area (Å²) in [7, 11) is -3.31. The third-order valence-electron chi connectivity index (χ3n) is 2.49. The highest BCUT2D eigenvalue weighted by Gasteiger charge is 2.32. The van der Waals surface area contributed by atoms with Gasteiger partial charge in [0.15, 0.2) is 0 Å². The molecule has 0 radical (unpaired) electrons. The third kappa shape index (κ3) is 4.55. The zero-order chi connectivity index (χ0) is 11.5. The molecule has 7 heteroatoms. The molecule has 0 aromatic heterocycles. The van der Waals surface area contributed by atoms with Crippen LogP contribution < -0.4 is 10.5 Å². The Balaban J connectivity index is 0.00000225. The van der Waals surface area contributed by atoms with E-state index >= 15 is 0 Å². The van der Waals surface area contributed by atoms with Gasteiger partial charge in [-0.05, 0) is 26.7 Å². The molecule has 98 valence electrons. The molecule has 1 rings (SSSR count). The van der Waals surface area contributed by atoms with Gasteiger partial charge in [0.05, 0.1) is 11.9 Å². The van der Waals surface area contributed by atoms with Crippen LogP contribution in [0.25, 0.3) is 0 Å². The Kier molecular flexibility index (Phi) is 6.21. The summed E-state index contributed by atoms with van der Waals surface area (Å²) in [6, 6.07) is 0. The Morgan fingerprint density at radius 3 is 2.56 bits per heavy atom. The van der Waals surface area contributed by atoms with Gasteiger partial charge in [-0.15, -0.1) is 12.4 Å². The minimum atomic E-state index is -3.31. The fraction of sp³-hybridized carbons (Fsp3) is 1.00. The van der Waals surface area contributed by atoms with Gasteiger partial charge in [0.2, 0.25) is 10.0 Å². The second kappa shape index (κ2) is 6.16. The summed E-state index contributed by atoms with van der Waals surface area (Å²) in [4.78, 5) is 0. The largest absolute Gasteiger partial charge is 0.380 e. The third-order valence-corrected chi connectivity index (χ3v) is 4.57. The lowest BCUT2D eigenvalue weighted by atomic mass is 10.1. The van der Waals surface area contributed by atoms with Gasteiger partial charge >= 0.3 is 0 Å². The van der Waals surface area contributed by atoms with Crippen molar-refractivity contribution in [2.24, 2.45) is 5.73 Å². The second-order valence-electron chi connectivity index (χ2n) is 4.57. The number of hydrogen-bond acceptors (Lipinski definition) is 4. The van der Waals surface area contributed by atoms with Crippen molar-refractivity contribution in [2.45, 2.75) is 37.5 Å². The summed E-state index contributed by atoms with van der Waals surface area (Å²) in [5, 5.41) is -0.433. The second-order valence-corrected chi connectivity index (χ2v) is 6.54. The highest BCUT2D eigenvalue weighted by molar-refractivity contribution is 7.90. The SMILES string of the molecule is CC(C)(CN)NS(=O)(=O)C1CCCOC1.Cl. The van der Waals surface area contributed by atoms with Gasteiger partial charge in [-0.3, -0.25) is 0 Å². The van der Waals surface area contributed by atoms with Crippen molar-refractivity contribution in [1.29, 1.82) is 0 Å². The average molecular weight is 273 g/mol. The number of hydrogen-bond donors (Lipinski definition) is 2. The van der Waals surface area contributed by atoms with Crippen molar-refractivity contribution >= 4 is 22.4 Å². The molecule has 0 spiro atoms. The van der Waals surface area contributed by atoms with E-state index in [4.69, 9.17) is 10.5 Å². The van der Waals surface area contributed by atoms with Gasteiger partial charge < -0.3 is 10.5 Å². The minimum Gasteiger partial charge on any atom is -0.380 e. The summed E-state index contributed by atoms with van der Waals surface area (Å²) in [5.74, 6) is 0. The van der Waals surface area contributed by atoms with Crippen molar-refractivity contribution in [3.05, 3.63) is 0 Å². The Bertz CT molecular complexity index is 300. The van der Waals surface area contributed by atoms with E-state index in [1.54, 1.807) is 13.8 Å². The first kappa shape index (κ1) is 16.1. The Labute approximate surface area is 104 Å². The maximum Gasteiger partial charge on any atom is 0.217 e. The van der Waals surface area contributed by atoms with E-state index < -0.39 is 20.8 Å². The standard InChI is InChI=1S/C9H20N2O3S.ClH/c1-9(2,7-10)11-15(12,13)8-4-3-5-14-6-8;/h8,11H,3-7,10H2,1-2H3;1H. The first-order chi connectivity index (χ1) is 6.87. The van der Waals surface area contributed by atoms with Gasteiger partial charge in [-0.2, -0.15) is 0 Å². The molecule has 5 nitrogen and oxygen atoms in total. The number of sulfonamides is 1.